The number of hydrogen-bond acceptors (Lipinski definition) is 4. The molecule has 0 aliphatic rings. The summed E-state index contributed by atoms with van der Waals surface area (Å²) in [7, 11) is 0. The van der Waals surface area contributed by atoms with Crippen LogP contribution in [0.15, 0.2) is 24.3 Å². The van der Waals surface area contributed by atoms with Gasteiger partial charge in [0.1, 0.15) is 0 Å². The van der Waals surface area contributed by atoms with Gasteiger partial charge in [-0.15, -0.1) is 0 Å². The predicted octanol–water partition coefficient (Wildman–Crippen LogP) is 5.64. The zero-order valence-electron chi connectivity index (χ0n) is 20.4. The van der Waals surface area contributed by atoms with Gasteiger partial charge in [0.05, 0.1) is 0 Å². The molecule has 0 bridgehead atoms. The normalized spacial score (nSPS) is 10.6. The maximum absolute atomic E-state index is 10.1. The predicted molar refractivity (Wildman–Crippen MR) is 123 cm³/mol. The first kappa shape index (κ1) is 34.7. The number of carboxylic acid groups (broad SMARTS) is 2. The molecule has 0 rings (SSSR count). The van der Waals surface area contributed by atoms with E-state index in [1.54, 1.807) is 0 Å². The summed E-state index contributed by atoms with van der Waals surface area (Å²) in [5, 5.41) is 20.2. The van der Waals surface area contributed by atoms with Crippen molar-refractivity contribution in [3.63, 3.8) is 0 Å². The topological polar surface area (TPSA) is 80.3 Å². The van der Waals surface area contributed by atoms with Crippen LogP contribution in [0.2, 0.25) is 0 Å². The number of carbonyl (C=O) groups is 2. The second-order valence-corrected chi connectivity index (χ2v) is 7.88. The molecule has 0 saturated carbocycles. The van der Waals surface area contributed by atoms with Crippen molar-refractivity contribution >= 4 is 11.9 Å². The van der Waals surface area contributed by atoms with Gasteiger partial charge >= 0.3 is 19.5 Å². The first-order valence-corrected chi connectivity index (χ1v) is 12.2. The van der Waals surface area contributed by atoms with Crippen LogP contribution >= 0.6 is 0 Å². The summed E-state index contributed by atoms with van der Waals surface area (Å²) in [6, 6.07) is 0. The quantitative estimate of drug-likeness (QED) is 0.126. The SMILES string of the molecule is CCCCCC=CCCCCCC(=O)[O-].CCCCCC=CCCCCCC(=O)[O-].[Zn+2]. The molecule has 0 aromatic heterocycles. The van der Waals surface area contributed by atoms with Crippen molar-refractivity contribution in [3.8, 4) is 0 Å². The van der Waals surface area contributed by atoms with Crippen molar-refractivity contribution in [2.24, 2.45) is 0 Å². The van der Waals surface area contributed by atoms with E-state index in [-0.39, 0.29) is 32.3 Å². The third kappa shape index (κ3) is 40.0. The van der Waals surface area contributed by atoms with Gasteiger partial charge in [-0.1, -0.05) is 76.7 Å². The molecule has 0 aromatic rings. The number of hydrogen-bond donors (Lipinski definition) is 0. The minimum Gasteiger partial charge on any atom is -0.550 e. The third-order valence-electron chi connectivity index (χ3n) is 4.79. The summed E-state index contributed by atoms with van der Waals surface area (Å²) in [6.07, 6.45) is 27.3. The van der Waals surface area contributed by atoms with Crippen molar-refractivity contribution in [1.29, 1.82) is 0 Å². The molecule has 0 atom stereocenters. The van der Waals surface area contributed by atoms with Crippen LogP contribution in [-0.4, -0.2) is 11.9 Å². The monoisotopic (exact) mass is 486 g/mol. The summed E-state index contributed by atoms with van der Waals surface area (Å²) in [5.41, 5.74) is 0. The fraction of sp³-hybridized carbons (Fsp3) is 0.769. The van der Waals surface area contributed by atoms with E-state index in [2.05, 4.69) is 38.2 Å². The van der Waals surface area contributed by atoms with Crippen molar-refractivity contribution in [2.45, 2.75) is 129 Å². The minimum absolute atomic E-state index is 0. The molecule has 0 radical (unpaired) electrons. The molecule has 0 unspecified atom stereocenters. The number of carboxylic acids is 2. The molecule has 0 heterocycles. The summed E-state index contributed by atoms with van der Waals surface area (Å²) in [6.45, 7) is 4.42. The maximum atomic E-state index is 10.1. The number of rotatable bonds is 20. The van der Waals surface area contributed by atoms with Gasteiger partial charge in [-0.25, -0.2) is 0 Å². The van der Waals surface area contributed by atoms with Gasteiger partial charge in [0.15, 0.2) is 0 Å². The Labute approximate surface area is 204 Å². The van der Waals surface area contributed by atoms with Crippen molar-refractivity contribution in [2.75, 3.05) is 0 Å². The summed E-state index contributed by atoms with van der Waals surface area (Å²) in [4.78, 5) is 20.2. The van der Waals surface area contributed by atoms with Gasteiger partial charge in [-0.05, 0) is 77.0 Å². The van der Waals surface area contributed by atoms with Gasteiger partial charge in [0.2, 0.25) is 0 Å². The first-order valence-electron chi connectivity index (χ1n) is 12.2. The molecule has 0 N–H and O–H groups in total. The Morgan fingerprint density at radius 3 is 1.06 bits per heavy atom. The maximum Gasteiger partial charge on any atom is 2.00 e. The Morgan fingerprint density at radius 1 is 0.516 bits per heavy atom. The van der Waals surface area contributed by atoms with E-state index >= 15 is 0 Å². The molecule has 176 valence electrons. The third-order valence-corrected chi connectivity index (χ3v) is 4.79. The smallest absolute Gasteiger partial charge is 0.550 e. The molecule has 0 saturated heterocycles. The Balaban J connectivity index is -0.000000490. The van der Waals surface area contributed by atoms with E-state index in [0.717, 1.165) is 51.4 Å². The summed E-state index contributed by atoms with van der Waals surface area (Å²) in [5.74, 6) is -1.85. The van der Waals surface area contributed by atoms with Gasteiger partial charge < -0.3 is 19.8 Å². The second-order valence-electron chi connectivity index (χ2n) is 7.88. The molecule has 0 aliphatic heterocycles. The van der Waals surface area contributed by atoms with Crippen LogP contribution in [0.5, 0.6) is 0 Å². The number of carbonyl (C=O) groups excluding carboxylic acids is 2. The Hall–Kier alpha value is -0.957. The van der Waals surface area contributed by atoms with Crippen LogP contribution in [0.4, 0.5) is 0 Å². The summed E-state index contributed by atoms with van der Waals surface area (Å²) >= 11 is 0. The second kappa shape index (κ2) is 31.2. The number of allylic oxidation sites excluding steroid dienone is 4. The average Bonchev–Trinajstić information content (AvgIpc) is 2.71. The molecule has 0 amide bonds. The molecule has 0 spiro atoms. The fourth-order valence-electron chi connectivity index (χ4n) is 2.91. The van der Waals surface area contributed by atoms with Crippen LogP contribution in [-0.2, 0) is 29.1 Å². The van der Waals surface area contributed by atoms with Crippen LogP contribution in [0.1, 0.15) is 129 Å². The van der Waals surface area contributed by atoms with Crippen LogP contribution in [0.25, 0.3) is 0 Å². The zero-order valence-corrected chi connectivity index (χ0v) is 23.3. The number of aliphatic carboxylic acids is 2. The summed E-state index contributed by atoms with van der Waals surface area (Å²) < 4.78 is 0. The van der Waals surface area contributed by atoms with Gasteiger partial charge in [0.25, 0.3) is 0 Å². The van der Waals surface area contributed by atoms with E-state index in [4.69, 9.17) is 0 Å². The molecule has 31 heavy (non-hydrogen) atoms. The van der Waals surface area contributed by atoms with E-state index in [0.29, 0.717) is 0 Å². The molecule has 0 aromatic carbocycles. The minimum atomic E-state index is -0.926. The van der Waals surface area contributed by atoms with E-state index < -0.39 is 11.9 Å². The van der Waals surface area contributed by atoms with Crippen LogP contribution in [0.3, 0.4) is 0 Å². The Morgan fingerprint density at radius 2 is 0.806 bits per heavy atom. The standard InChI is InChI=1S/2C13H24O2.Zn/c2*1-2-3-4-5-6-7-8-9-10-11-12-13(14)15;/h2*6-7H,2-5,8-12H2,1H3,(H,14,15);/q;;+2/p-2. The largest absolute Gasteiger partial charge is 2.00 e. The van der Waals surface area contributed by atoms with Crippen molar-refractivity contribution in [3.05, 3.63) is 24.3 Å². The average molecular weight is 488 g/mol. The van der Waals surface area contributed by atoms with Crippen LogP contribution < -0.4 is 10.2 Å². The van der Waals surface area contributed by atoms with Crippen LogP contribution in [0, 0.1) is 0 Å². The first-order chi connectivity index (χ1) is 14.5. The fourth-order valence-corrected chi connectivity index (χ4v) is 2.91. The van der Waals surface area contributed by atoms with Crippen molar-refractivity contribution < 1.29 is 39.3 Å². The number of unbranched alkanes of at least 4 members (excludes halogenated alkanes) is 12. The Kier molecular flexibility index (Phi) is 34.9. The van der Waals surface area contributed by atoms with E-state index in [9.17, 15) is 19.8 Å². The molecular formula is C26H46O4Zn. The van der Waals surface area contributed by atoms with Gasteiger partial charge in [0, 0.05) is 11.9 Å². The molecule has 4 nitrogen and oxygen atoms in total. The van der Waals surface area contributed by atoms with E-state index in [1.165, 1.54) is 51.4 Å². The van der Waals surface area contributed by atoms with Crippen molar-refractivity contribution in [1.82, 2.24) is 0 Å². The molecule has 0 fully saturated rings. The Bertz CT molecular complexity index is 393. The van der Waals surface area contributed by atoms with E-state index in [1.807, 2.05) is 0 Å². The van der Waals surface area contributed by atoms with Gasteiger partial charge in [-0.2, -0.15) is 0 Å². The molecule has 0 aliphatic carbocycles. The molecular weight excluding hydrogens is 442 g/mol. The van der Waals surface area contributed by atoms with Gasteiger partial charge in [-0.3, -0.25) is 0 Å². The zero-order chi connectivity index (χ0) is 22.7. The molecule has 5 heteroatoms.